The first-order chi connectivity index (χ1) is 17.7. The van der Waals surface area contributed by atoms with Crippen molar-refractivity contribution in [3.05, 3.63) is 0 Å². The molecule has 0 atom stereocenters. The first-order valence-corrected chi connectivity index (χ1v) is 21.9. The summed E-state index contributed by atoms with van der Waals surface area (Å²) in [6.07, 6.45) is 7.56. The standard InChI is InChI=1S/C30H74N4O2Si3/c1-15-25-38(27-17-21-31(3,4)5,28-18-22-32(6,7)8)35-37-36-39(26-16-2,29-19-23-33(9,10)11)30-20-24-34(12,13)14/h15-30H2,1-14H3/q+4. The first-order valence-electron chi connectivity index (χ1n) is 16.0. The number of quaternary nitrogens is 4. The van der Waals surface area contributed by atoms with Gasteiger partial charge in [-0.2, -0.15) is 0 Å². The van der Waals surface area contributed by atoms with Crippen molar-refractivity contribution in [3.8, 4) is 0 Å². The zero-order valence-electron chi connectivity index (χ0n) is 29.4. The molecular weight excluding hydrogens is 533 g/mol. The second kappa shape index (κ2) is 17.5. The van der Waals surface area contributed by atoms with Gasteiger partial charge in [0.15, 0.2) is 16.6 Å². The second-order valence-corrected chi connectivity index (χ2v) is 26.2. The summed E-state index contributed by atoms with van der Waals surface area (Å²) in [6, 6.07) is 7.71. The molecule has 0 spiro atoms. The quantitative estimate of drug-likeness (QED) is 0.104. The molecule has 0 aromatic heterocycles. The number of rotatable bonds is 24. The highest BCUT2D eigenvalue weighted by atomic mass is 28.4. The van der Waals surface area contributed by atoms with Gasteiger partial charge in [-0.1, -0.05) is 26.7 Å². The van der Waals surface area contributed by atoms with E-state index in [-0.39, 0.29) is 10.0 Å². The van der Waals surface area contributed by atoms with E-state index in [1.54, 1.807) is 0 Å². The lowest BCUT2D eigenvalue weighted by molar-refractivity contribution is -0.870. The number of hydrogen-bond acceptors (Lipinski definition) is 2. The Hall–Kier alpha value is 0.411. The molecular formula is C30H74N4O2Si3+4. The molecule has 0 aromatic carbocycles. The molecule has 0 aliphatic rings. The second-order valence-electron chi connectivity index (χ2n) is 16.6. The van der Waals surface area contributed by atoms with Gasteiger partial charge in [-0.05, 0) is 61.9 Å². The minimum absolute atomic E-state index is 0.249. The van der Waals surface area contributed by atoms with Crippen LogP contribution < -0.4 is 0 Å². The van der Waals surface area contributed by atoms with Crippen molar-refractivity contribution in [3.63, 3.8) is 0 Å². The van der Waals surface area contributed by atoms with Gasteiger partial charge < -0.3 is 26.2 Å². The Morgan fingerprint density at radius 2 is 0.641 bits per heavy atom. The Kier molecular flexibility index (Phi) is 17.7. The average molecular weight is 607 g/mol. The van der Waals surface area contributed by atoms with Crippen LogP contribution in [-0.4, -0.2) is 155 Å². The van der Waals surface area contributed by atoms with Crippen LogP contribution in [0.4, 0.5) is 0 Å². The maximum atomic E-state index is 7.15. The van der Waals surface area contributed by atoms with Gasteiger partial charge in [0.1, 0.15) is 0 Å². The largest absolute Gasteiger partial charge is 0.434 e. The van der Waals surface area contributed by atoms with Gasteiger partial charge in [0.25, 0.3) is 0 Å². The molecule has 0 amide bonds. The molecule has 0 aliphatic heterocycles. The smallest absolute Gasteiger partial charge is 0.410 e. The Labute approximate surface area is 251 Å². The van der Waals surface area contributed by atoms with Gasteiger partial charge in [0, 0.05) is 0 Å². The molecule has 0 saturated heterocycles. The van der Waals surface area contributed by atoms with Crippen molar-refractivity contribution < 1.29 is 26.2 Å². The van der Waals surface area contributed by atoms with Crippen LogP contribution >= 0.6 is 0 Å². The van der Waals surface area contributed by atoms with Crippen LogP contribution in [0.1, 0.15) is 52.4 Å². The van der Waals surface area contributed by atoms with Gasteiger partial charge in [-0.3, -0.25) is 0 Å². The lowest BCUT2D eigenvalue weighted by Gasteiger charge is -2.37. The van der Waals surface area contributed by atoms with Crippen LogP contribution in [0, 0.1) is 0 Å². The lowest BCUT2D eigenvalue weighted by Crippen LogP contribution is -2.47. The van der Waals surface area contributed by atoms with E-state index in [1.807, 2.05) is 0 Å². The van der Waals surface area contributed by atoms with Crippen LogP contribution in [-0.2, 0) is 8.23 Å². The zero-order valence-corrected chi connectivity index (χ0v) is 32.4. The first kappa shape index (κ1) is 39.4. The minimum Gasteiger partial charge on any atom is -0.434 e. The summed E-state index contributed by atoms with van der Waals surface area (Å²) >= 11 is 0. The molecule has 234 valence electrons. The maximum absolute atomic E-state index is 7.15. The van der Waals surface area contributed by atoms with Gasteiger partial charge in [-0.15, -0.1) is 0 Å². The Morgan fingerprint density at radius 3 is 0.821 bits per heavy atom. The van der Waals surface area contributed by atoms with E-state index in [2.05, 4.69) is 98.4 Å². The van der Waals surface area contributed by atoms with Gasteiger partial charge in [0.05, 0.1) is 111 Å². The molecule has 0 aliphatic carbocycles. The summed E-state index contributed by atoms with van der Waals surface area (Å²) < 4.78 is 18.5. The van der Waals surface area contributed by atoms with Crippen molar-refractivity contribution in [1.82, 2.24) is 0 Å². The molecule has 0 heterocycles. The SMILES string of the molecule is CCC[Si](CCC[N+](C)(C)C)(CCC[N+](C)(C)C)O[Si]O[Si](CCC)(CCC[N+](C)(C)C)CCC[N+](C)(C)C. The number of hydrogen-bond donors (Lipinski definition) is 0. The summed E-state index contributed by atoms with van der Waals surface area (Å²) in [6.45, 7) is 9.63. The summed E-state index contributed by atoms with van der Waals surface area (Å²) in [4.78, 5) is 0. The molecule has 0 bridgehead atoms. The van der Waals surface area contributed by atoms with Crippen LogP contribution in [0.25, 0.3) is 0 Å². The van der Waals surface area contributed by atoms with Crippen LogP contribution in [0.15, 0.2) is 0 Å². The van der Waals surface area contributed by atoms with Crippen LogP contribution in [0.3, 0.4) is 0 Å². The van der Waals surface area contributed by atoms with E-state index in [4.69, 9.17) is 8.23 Å². The molecule has 39 heavy (non-hydrogen) atoms. The summed E-state index contributed by atoms with van der Waals surface area (Å²) in [5.41, 5.74) is 0. The van der Waals surface area contributed by atoms with Crippen molar-refractivity contribution in [1.29, 1.82) is 0 Å². The van der Waals surface area contributed by atoms with E-state index < -0.39 is 16.6 Å². The Morgan fingerprint density at radius 1 is 0.410 bits per heavy atom. The predicted octanol–water partition coefficient (Wildman–Crippen LogP) is 5.65. The zero-order chi connectivity index (χ0) is 30.4. The van der Waals surface area contributed by atoms with Crippen molar-refractivity contribution in [2.45, 2.75) is 88.6 Å². The fourth-order valence-corrected chi connectivity index (χ4v) is 16.6. The van der Waals surface area contributed by atoms with E-state index in [9.17, 15) is 0 Å². The lowest BCUT2D eigenvalue weighted by atomic mass is 10.4. The highest BCUT2D eigenvalue weighted by Gasteiger charge is 2.39. The molecule has 0 rings (SSSR count). The number of nitrogens with zero attached hydrogens (tertiary/aromatic N) is 4. The highest BCUT2D eigenvalue weighted by molar-refractivity contribution is 6.80. The fraction of sp³-hybridized carbons (Fsp3) is 1.00. The summed E-state index contributed by atoms with van der Waals surface area (Å²) in [5.74, 6) is 0. The minimum atomic E-state index is -1.86. The summed E-state index contributed by atoms with van der Waals surface area (Å²) in [5, 5.41) is 0. The topological polar surface area (TPSA) is 18.5 Å². The van der Waals surface area contributed by atoms with E-state index in [0.717, 1.165) is 17.9 Å². The van der Waals surface area contributed by atoms with E-state index >= 15 is 0 Å². The third-order valence-electron chi connectivity index (χ3n) is 7.77. The van der Waals surface area contributed by atoms with Crippen molar-refractivity contribution in [2.24, 2.45) is 0 Å². The van der Waals surface area contributed by atoms with Gasteiger partial charge in [-0.25, -0.2) is 0 Å². The fourth-order valence-electron chi connectivity index (χ4n) is 5.67. The third-order valence-corrected chi connectivity index (χ3v) is 19.8. The molecule has 0 aromatic rings. The van der Waals surface area contributed by atoms with E-state index in [1.165, 1.54) is 101 Å². The van der Waals surface area contributed by atoms with Crippen molar-refractivity contribution >= 4 is 26.6 Å². The normalized spacial score (nSPS) is 14.3. The molecule has 2 radical (unpaired) electrons. The van der Waals surface area contributed by atoms with Crippen LogP contribution in [0.2, 0.25) is 36.3 Å². The van der Waals surface area contributed by atoms with Crippen LogP contribution in [0.5, 0.6) is 0 Å². The Balaban J connectivity index is 5.74. The Bertz CT molecular complexity index is 544. The average Bonchev–Trinajstić information content (AvgIpc) is 2.70. The maximum Gasteiger partial charge on any atom is 0.410 e. The molecule has 6 nitrogen and oxygen atoms in total. The summed E-state index contributed by atoms with van der Waals surface area (Å²) in [7, 11) is 24.4. The third kappa shape index (κ3) is 21.7. The molecule has 0 fully saturated rings. The van der Waals surface area contributed by atoms with Gasteiger partial charge in [0.2, 0.25) is 0 Å². The predicted molar refractivity (Wildman–Crippen MR) is 179 cm³/mol. The monoisotopic (exact) mass is 607 g/mol. The van der Waals surface area contributed by atoms with Gasteiger partial charge >= 0.3 is 10.0 Å². The molecule has 9 heteroatoms. The van der Waals surface area contributed by atoms with E-state index in [0.29, 0.717) is 0 Å². The molecule has 0 saturated carbocycles. The van der Waals surface area contributed by atoms with Crippen molar-refractivity contribution in [2.75, 3.05) is 111 Å². The molecule has 0 unspecified atom stereocenters. The highest BCUT2D eigenvalue weighted by Crippen LogP contribution is 2.31. The molecule has 0 N–H and O–H groups in total.